The molecule has 15 heavy (non-hydrogen) atoms. The number of ether oxygens (including phenoxy) is 1. The maximum Gasteiger partial charge on any atom is 0.306 e. The highest BCUT2D eigenvalue weighted by atomic mass is 16.5. The van der Waals surface area contributed by atoms with Gasteiger partial charge in [0.15, 0.2) is 0 Å². The molecule has 0 amide bonds. The number of nitrogens with one attached hydrogen (secondary N) is 1. The van der Waals surface area contributed by atoms with E-state index in [0.29, 0.717) is 24.9 Å². The van der Waals surface area contributed by atoms with Gasteiger partial charge in [0.25, 0.3) is 0 Å². The van der Waals surface area contributed by atoms with Gasteiger partial charge >= 0.3 is 5.97 Å². The van der Waals surface area contributed by atoms with Gasteiger partial charge in [-0.15, -0.1) is 0 Å². The number of carbonyl (C=O) groups excluding carboxylic acids is 1. The molecule has 88 valence electrons. The zero-order valence-electron chi connectivity index (χ0n) is 9.92. The van der Waals surface area contributed by atoms with Crippen LogP contribution < -0.4 is 5.32 Å². The zero-order valence-corrected chi connectivity index (χ0v) is 9.92. The Kier molecular flexibility index (Phi) is 5.69. The Labute approximate surface area is 92.6 Å². The summed E-state index contributed by atoms with van der Waals surface area (Å²) < 4.78 is 5.25. The number of carbonyl (C=O) groups is 1. The van der Waals surface area contributed by atoms with Crippen LogP contribution in [0, 0.1) is 11.8 Å². The van der Waals surface area contributed by atoms with Crippen molar-refractivity contribution in [3.63, 3.8) is 0 Å². The van der Waals surface area contributed by atoms with Crippen LogP contribution in [-0.4, -0.2) is 25.7 Å². The lowest BCUT2D eigenvalue weighted by atomic mass is 10.1. The third kappa shape index (κ3) is 5.17. The number of hydrogen-bond donors (Lipinski definition) is 1. The van der Waals surface area contributed by atoms with Gasteiger partial charge < -0.3 is 10.1 Å². The van der Waals surface area contributed by atoms with Gasteiger partial charge in [-0.25, -0.2) is 0 Å². The first-order valence-electron chi connectivity index (χ1n) is 6.08. The molecule has 1 saturated heterocycles. The maximum atomic E-state index is 11.5. The molecular weight excluding hydrogens is 190 g/mol. The molecule has 1 N–H and O–H groups in total. The molecule has 1 fully saturated rings. The highest BCUT2D eigenvalue weighted by Gasteiger charge is 2.19. The molecule has 0 bridgehead atoms. The third-order valence-corrected chi connectivity index (χ3v) is 2.93. The van der Waals surface area contributed by atoms with Gasteiger partial charge in [0.1, 0.15) is 0 Å². The first kappa shape index (κ1) is 12.5. The monoisotopic (exact) mass is 213 g/mol. The van der Waals surface area contributed by atoms with Crippen LogP contribution in [0.4, 0.5) is 0 Å². The van der Waals surface area contributed by atoms with Crippen LogP contribution in [0.15, 0.2) is 0 Å². The molecule has 0 spiro atoms. The van der Waals surface area contributed by atoms with Gasteiger partial charge in [-0.2, -0.15) is 0 Å². The molecule has 0 aromatic carbocycles. The lowest BCUT2D eigenvalue weighted by Crippen LogP contribution is -2.17. The maximum absolute atomic E-state index is 11.5. The van der Waals surface area contributed by atoms with Crippen LogP contribution in [0.3, 0.4) is 0 Å². The summed E-state index contributed by atoms with van der Waals surface area (Å²) >= 11 is 0. The van der Waals surface area contributed by atoms with E-state index < -0.39 is 0 Å². The van der Waals surface area contributed by atoms with Crippen molar-refractivity contribution in [2.45, 2.75) is 39.5 Å². The standard InChI is InChI=1S/C12H23NO2/c1-3-4-10(2)9-15-12(14)7-11-5-6-13-8-11/h10-11,13H,3-9H2,1-2H3. The zero-order chi connectivity index (χ0) is 11.1. The van der Waals surface area contributed by atoms with Gasteiger partial charge in [-0.1, -0.05) is 20.3 Å². The fourth-order valence-corrected chi connectivity index (χ4v) is 1.99. The summed E-state index contributed by atoms with van der Waals surface area (Å²) in [5, 5.41) is 3.26. The Morgan fingerprint density at radius 3 is 3.00 bits per heavy atom. The van der Waals surface area contributed by atoms with E-state index in [0.717, 1.165) is 32.4 Å². The van der Waals surface area contributed by atoms with E-state index in [1.165, 1.54) is 0 Å². The molecule has 0 saturated carbocycles. The normalized spacial score (nSPS) is 22.7. The van der Waals surface area contributed by atoms with Gasteiger partial charge in [0.05, 0.1) is 6.61 Å². The van der Waals surface area contributed by atoms with E-state index >= 15 is 0 Å². The average molecular weight is 213 g/mol. The Bertz CT molecular complexity index is 188. The van der Waals surface area contributed by atoms with Crippen molar-refractivity contribution in [1.82, 2.24) is 5.32 Å². The summed E-state index contributed by atoms with van der Waals surface area (Å²) in [5.74, 6) is 0.978. The molecule has 2 atom stereocenters. The predicted octanol–water partition coefficient (Wildman–Crippen LogP) is 1.97. The van der Waals surface area contributed by atoms with Gasteiger partial charge in [-0.05, 0) is 37.8 Å². The number of hydrogen-bond acceptors (Lipinski definition) is 3. The molecule has 3 heteroatoms. The molecule has 1 rings (SSSR count). The van der Waals surface area contributed by atoms with E-state index in [2.05, 4.69) is 19.2 Å². The Morgan fingerprint density at radius 1 is 1.60 bits per heavy atom. The highest BCUT2D eigenvalue weighted by Crippen LogP contribution is 2.13. The fraction of sp³-hybridized carbons (Fsp3) is 0.917. The number of esters is 1. The van der Waals surface area contributed by atoms with Crippen molar-refractivity contribution in [1.29, 1.82) is 0 Å². The molecule has 0 aromatic heterocycles. The minimum atomic E-state index is -0.0216. The molecule has 0 aromatic rings. The largest absolute Gasteiger partial charge is 0.465 e. The lowest BCUT2D eigenvalue weighted by Gasteiger charge is -2.12. The van der Waals surface area contributed by atoms with Gasteiger partial charge in [-0.3, -0.25) is 4.79 Å². The summed E-state index contributed by atoms with van der Waals surface area (Å²) in [6.07, 6.45) is 4.00. The molecule has 2 unspecified atom stereocenters. The van der Waals surface area contributed by atoms with E-state index in [4.69, 9.17) is 4.74 Å². The average Bonchev–Trinajstić information content (AvgIpc) is 2.68. The van der Waals surface area contributed by atoms with Crippen molar-refractivity contribution in [3.8, 4) is 0 Å². The van der Waals surface area contributed by atoms with E-state index in [9.17, 15) is 4.79 Å². The summed E-state index contributed by atoms with van der Waals surface area (Å²) in [7, 11) is 0. The Balaban J connectivity index is 2.07. The van der Waals surface area contributed by atoms with Crippen LogP contribution in [0.2, 0.25) is 0 Å². The molecule has 0 radical (unpaired) electrons. The summed E-state index contributed by atoms with van der Waals surface area (Å²) in [6.45, 7) is 6.90. The topological polar surface area (TPSA) is 38.3 Å². The van der Waals surface area contributed by atoms with Crippen molar-refractivity contribution >= 4 is 5.97 Å². The van der Waals surface area contributed by atoms with Crippen LogP contribution in [-0.2, 0) is 9.53 Å². The first-order chi connectivity index (χ1) is 7.22. The summed E-state index contributed by atoms with van der Waals surface area (Å²) in [5.41, 5.74) is 0. The van der Waals surface area contributed by atoms with Crippen LogP contribution >= 0.6 is 0 Å². The fourth-order valence-electron chi connectivity index (χ4n) is 1.99. The van der Waals surface area contributed by atoms with Crippen molar-refractivity contribution < 1.29 is 9.53 Å². The van der Waals surface area contributed by atoms with Crippen molar-refractivity contribution in [2.75, 3.05) is 19.7 Å². The lowest BCUT2D eigenvalue weighted by molar-refractivity contribution is -0.145. The quantitative estimate of drug-likeness (QED) is 0.685. The minimum Gasteiger partial charge on any atom is -0.465 e. The number of rotatable bonds is 6. The second-order valence-corrected chi connectivity index (χ2v) is 4.64. The van der Waals surface area contributed by atoms with E-state index in [1.54, 1.807) is 0 Å². The first-order valence-corrected chi connectivity index (χ1v) is 6.08. The smallest absolute Gasteiger partial charge is 0.306 e. The molecule has 0 aliphatic carbocycles. The molecule has 1 aliphatic rings. The van der Waals surface area contributed by atoms with Gasteiger partial charge in [0, 0.05) is 6.42 Å². The summed E-state index contributed by atoms with van der Waals surface area (Å²) in [6, 6.07) is 0. The SMILES string of the molecule is CCCC(C)COC(=O)CC1CCNC1. The third-order valence-electron chi connectivity index (χ3n) is 2.93. The Hall–Kier alpha value is -0.570. The minimum absolute atomic E-state index is 0.0216. The van der Waals surface area contributed by atoms with E-state index in [-0.39, 0.29) is 5.97 Å². The molecule has 1 heterocycles. The molecule has 3 nitrogen and oxygen atoms in total. The van der Waals surface area contributed by atoms with E-state index in [1.807, 2.05) is 0 Å². The Morgan fingerprint density at radius 2 is 2.40 bits per heavy atom. The van der Waals surface area contributed by atoms with Gasteiger partial charge in [0.2, 0.25) is 0 Å². The second-order valence-electron chi connectivity index (χ2n) is 4.64. The molecular formula is C12H23NO2. The predicted molar refractivity (Wildman–Crippen MR) is 60.6 cm³/mol. The van der Waals surface area contributed by atoms with Crippen LogP contribution in [0.25, 0.3) is 0 Å². The van der Waals surface area contributed by atoms with Crippen molar-refractivity contribution in [2.24, 2.45) is 11.8 Å². The highest BCUT2D eigenvalue weighted by molar-refractivity contribution is 5.69. The molecule has 1 aliphatic heterocycles. The van der Waals surface area contributed by atoms with Crippen LogP contribution in [0.5, 0.6) is 0 Å². The van der Waals surface area contributed by atoms with Crippen LogP contribution in [0.1, 0.15) is 39.5 Å². The van der Waals surface area contributed by atoms with Crippen molar-refractivity contribution in [3.05, 3.63) is 0 Å². The second kappa shape index (κ2) is 6.83. The summed E-state index contributed by atoms with van der Waals surface area (Å²) in [4.78, 5) is 11.5.